The van der Waals surface area contributed by atoms with Crippen LogP contribution in [0.15, 0.2) is 39.8 Å². The first kappa shape index (κ1) is 16.4. The number of aryl methyl sites for hydroxylation is 1. The molecule has 2 aromatic rings. The van der Waals surface area contributed by atoms with E-state index in [2.05, 4.69) is 40.7 Å². The van der Waals surface area contributed by atoms with Crippen LogP contribution in [0.3, 0.4) is 0 Å². The summed E-state index contributed by atoms with van der Waals surface area (Å²) in [7, 11) is 1.76. The van der Waals surface area contributed by atoms with E-state index in [-0.39, 0.29) is 11.6 Å². The molecular formula is C18H24N4O2. The number of aromatic nitrogens is 1. The molecule has 2 N–H and O–H groups in total. The lowest BCUT2D eigenvalue weighted by atomic mass is 9.90. The standard InChI is InChI=1S/C18H24N4O2/c1-12-9-13(24-22-12)11-20-17(19-4)21-15-10-18(2,3)23-16-8-6-5-7-14(15)16/h5-9,15H,10-11H2,1-4H3,(H2,19,20,21). The number of hydrogen-bond acceptors (Lipinski definition) is 4. The van der Waals surface area contributed by atoms with Crippen LogP contribution in [0.4, 0.5) is 0 Å². The first-order valence-electron chi connectivity index (χ1n) is 8.14. The smallest absolute Gasteiger partial charge is 0.191 e. The van der Waals surface area contributed by atoms with Crippen molar-refractivity contribution in [3.63, 3.8) is 0 Å². The molecule has 0 bridgehead atoms. The Balaban J connectivity index is 1.71. The molecule has 0 amide bonds. The largest absolute Gasteiger partial charge is 0.487 e. The van der Waals surface area contributed by atoms with E-state index in [0.717, 1.165) is 35.1 Å². The molecule has 0 aliphatic carbocycles. The lowest BCUT2D eigenvalue weighted by molar-refractivity contribution is 0.0694. The summed E-state index contributed by atoms with van der Waals surface area (Å²) in [5.41, 5.74) is 1.79. The van der Waals surface area contributed by atoms with Gasteiger partial charge in [-0.15, -0.1) is 0 Å². The molecular weight excluding hydrogens is 304 g/mol. The highest BCUT2D eigenvalue weighted by molar-refractivity contribution is 5.80. The van der Waals surface area contributed by atoms with Gasteiger partial charge in [-0.05, 0) is 26.8 Å². The van der Waals surface area contributed by atoms with E-state index in [9.17, 15) is 0 Å². The van der Waals surface area contributed by atoms with Gasteiger partial charge in [-0.2, -0.15) is 0 Å². The second kappa shape index (κ2) is 6.55. The van der Waals surface area contributed by atoms with Crippen molar-refractivity contribution >= 4 is 5.96 Å². The highest BCUT2D eigenvalue weighted by Gasteiger charge is 2.33. The minimum absolute atomic E-state index is 0.132. The summed E-state index contributed by atoms with van der Waals surface area (Å²) in [5, 5.41) is 10.7. The minimum atomic E-state index is -0.229. The molecule has 0 saturated heterocycles. The van der Waals surface area contributed by atoms with Gasteiger partial charge in [-0.3, -0.25) is 4.99 Å². The van der Waals surface area contributed by atoms with Gasteiger partial charge in [0.1, 0.15) is 11.4 Å². The SMILES string of the molecule is CN=C(NCc1cc(C)no1)NC1CC(C)(C)Oc2ccccc21. The van der Waals surface area contributed by atoms with Gasteiger partial charge in [0.2, 0.25) is 0 Å². The fourth-order valence-corrected chi connectivity index (χ4v) is 2.96. The summed E-state index contributed by atoms with van der Waals surface area (Å²) < 4.78 is 11.3. The van der Waals surface area contributed by atoms with Gasteiger partial charge in [0.15, 0.2) is 11.7 Å². The fourth-order valence-electron chi connectivity index (χ4n) is 2.96. The first-order valence-corrected chi connectivity index (χ1v) is 8.14. The Kier molecular flexibility index (Phi) is 4.46. The average Bonchev–Trinajstić information content (AvgIpc) is 2.95. The van der Waals surface area contributed by atoms with E-state index in [0.29, 0.717) is 6.54 Å². The Morgan fingerprint density at radius 3 is 2.88 bits per heavy atom. The molecule has 128 valence electrons. The number of guanidine groups is 1. The Labute approximate surface area is 142 Å². The van der Waals surface area contributed by atoms with Gasteiger partial charge >= 0.3 is 0 Å². The topological polar surface area (TPSA) is 71.7 Å². The summed E-state index contributed by atoms with van der Waals surface area (Å²) in [6.45, 7) is 6.64. The fraction of sp³-hybridized carbons (Fsp3) is 0.444. The molecule has 1 aromatic heterocycles. The average molecular weight is 328 g/mol. The normalized spacial score (nSPS) is 19.3. The van der Waals surface area contributed by atoms with E-state index < -0.39 is 0 Å². The zero-order valence-corrected chi connectivity index (χ0v) is 14.6. The molecule has 0 radical (unpaired) electrons. The summed E-state index contributed by atoms with van der Waals surface area (Å²) in [5.74, 6) is 2.43. The Hall–Kier alpha value is -2.50. The third kappa shape index (κ3) is 3.69. The summed E-state index contributed by atoms with van der Waals surface area (Å²) in [6.07, 6.45) is 0.853. The van der Waals surface area contributed by atoms with Crippen LogP contribution < -0.4 is 15.4 Å². The molecule has 0 spiro atoms. The molecule has 6 heteroatoms. The van der Waals surface area contributed by atoms with Crippen LogP contribution in [-0.2, 0) is 6.54 Å². The number of aliphatic imine (C=N–C) groups is 1. The van der Waals surface area contributed by atoms with Crippen molar-refractivity contribution in [1.82, 2.24) is 15.8 Å². The van der Waals surface area contributed by atoms with Crippen LogP contribution >= 0.6 is 0 Å². The van der Waals surface area contributed by atoms with Crippen LogP contribution in [0.25, 0.3) is 0 Å². The van der Waals surface area contributed by atoms with E-state index in [1.165, 1.54) is 0 Å². The maximum Gasteiger partial charge on any atom is 0.191 e. The maximum absolute atomic E-state index is 6.07. The first-order chi connectivity index (χ1) is 11.5. The monoisotopic (exact) mass is 328 g/mol. The van der Waals surface area contributed by atoms with Gasteiger partial charge in [0, 0.05) is 25.1 Å². The van der Waals surface area contributed by atoms with Crippen molar-refractivity contribution in [2.75, 3.05) is 7.05 Å². The lowest BCUT2D eigenvalue weighted by Crippen LogP contribution is -2.45. The van der Waals surface area contributed by atoms with Crippen LogP contribution in [0.1, 0.15) is 43.3 Å². The number of nitrogens with zero attached hydrogens (tertiary/aromatic N) is 2. The maximum atomic E-state index is 6.07. The molecule has 1 aromatic carbocycles. The molecule has 0 saturated carbocycles. The van der Waals surface area contributed by atoms with Crippen LogP contribution in [-0.4, -0.2) is 23.8 Å². The van der Waals surface area contributed by atoms with Crippen molar-refractivity contribution in [2.45, 2.75) is 45.4 Å². The predicted molar refractivity (Wildman–Crippen MR) is 93.1 cm³/mol. The van der Waals surface area contributed by atoms with Gasteiger partial charge in [0.25, 0.3) is 0 Å². The number of benzene rings is 1. The highest BCUT2D eigenvalue weighted by Crippen LogP contribution is 2.39. The van der Waals surface area contributed by atoms with Crippen LogP contribution in [0, 0.1) is 6.92 Å². The summed E-state index contributed by atoms with van der Waals surface area (Å²) in [6, 6.07) is 10.2. The number of rotatable bonds is 3. The number of fused-ring (bicyclic) bond motifs is 1. The predicted octanol–water partition coefficient (Wildman–Crippen LogP) is 2.95. The van der Waals surface area contributed by atoms with Gasteiger partial charge in [0.05, 0.1) is 18.3 Å². The third-order valence-electron chi connectivity index (χ3n) is 4.02. The van der Waals surface area contributed by atoms with Crippen molar-refractivity contribution in [3.05, 3.63) is 47.3 Å². The second-order valence-corrected chi connectivity index (χ2v) is 6.66. The second-order valence-electron chi connectivity index (χ2n) is 6.66. The van der Waals surface area contributed by atoms with Crippen molar-refractivity contribution in [3.8, 4) is 5.75 Å². The quantitative estimate of drug-likeness (QED) is 0.669. The molecule has 6 nitrogen and oxygen atoms in total. The summed E-state index contributed by atoms with van der Waals surface area (Å²) in [4.78, 5) is 4.32. The summed E-state index contributed by atoms with van der Waals surface area (Å²) >= 11 is 0. The van der Waals surface area contributed by atoms with E-state index in [1.54, 1.807) is 7.05 Å². The molecule has 0 fully saturated rings. The number of hydrogen-bond donors (Lipinski definition) is 2. The van der Waals surface area contributed by atoms with Gasteiger partial charge in [-0.25, -0.2) is 0 Å². The van der Waals surface area contributed by atoms with Crippen LogP contribution in [0.5, 0.6) is 5.75 Å². The van der Waals surface area contributed by atoms with Crippen molar-refractivity contribution in [1.29, 1.82) is 0 Å². The molecule has 2 heterocycles. The van der Waals surface area contributed by atoms with Crippen molar-refractivity contribution in [2.24, 2.45) is 4.99 Å². The zero-order chi connectivity index (χ0) is 17.2. The van der Waals surface area contributed by atoms with E-state index in [4.69, 9.17) is 9.26 Å². The Morgan fingerprint density at radius 1 is 1.38 bits per heavy atom. The van der Waals surface area contributed by atoms with Gasteiger partial charge in [-0.1, -0.05) is 23.4 Å². The number of ether oxygens (including phenoxy) is 1. The van der Waals surface area contributed by atoms with Crippen LogP contribution in [0.2, 0.25) is 0 Å². The van der Waals surface area contributed by atoms with Gasteiger partial charge < -0.3 is 19.9 Å². The number of nitrogens with one attached hydrogen (secondary N) is 2. The Morgan fingerprint density at radius 2 is 2.17 bits per heavy atom. The lowest BCUT2D eigenvalue weighted by Gasteiger charge is -2.38. The molecule has 24 heavy (non-hydrogen) atoms. The molecule has 3 rings (SSSR count). The minimum Gasteiger partial charge on any atom is -0.487 e. The van der Waals surface area contributed by atoms with E-state index >= 15 is 0 Å². The van der Waals surface area contributed by atoms with Crippen molar-refractivity contribution < 1.29 is 9.26 Å². The highest BCUT2D eigenvalue weighted by atomic mass is 16.5. The third-order valence-corrected chi connectivity index (χ3v) is 4.02. The molecule has 1 aliphatic heterocycles. The van der Waals surface area contributed by atoms with E-state index in [1.807, 2.05) is 31.2 Å². The Bertz CT molecular complexity index is 736. The molecule has 1 atom stereocenters. The molecule has 1 unspecified atom stereocenters. The number of para-hydroxylation sites is 1. The molecule has 1 aliphatic rings. The zero-order valence-electron chi connectivity index (χ0n) is 14.6.